The first-order valence-electron chi connectivity index (χ1n) is 6.68. The van der Waals surface area contributed by atoms with Gasteiger partial charge in [-0.25, -0.2) is 8.42 Å². The van der Waals surface area contributed by atoms with E-state index in [0.29, 0.717) is 18.2 Å². The average molecular weight is 330 g/mol. The van der Waals surface area contributed by atoms with E-state index < -0.39 is 14.8 Å². The van der Waals surface area contributed by atoms with Crippen molar-refractivity contribution in [2.24, 2.45) is 5.92 Å². The van der Waals surface area contributed by atoms with Crippen molar-refractivity contribution in [1.82, 2.24) is 0 Å². The lowest BCUT2D eigenvalue weighted by atomic mass is 10.0. The maximum absolute atomic E-state index is 11.5. The molecule has 1 saturated heterocycles. The molecule has 0 atom stereocenters. The molecule has 0 bridgehead atoms. The summed E-state index contributed by atoms with van der Waals surface area (Å²) >= 11 is 1.93. The number of anilines is 1. The van der Waals surface area contributed by atoms with Crippen LogP contribution in [0.1, 0.15) is 12.8 Å². The highest BCUT2D eigenvalue weighted by Crippen LogP contribution is 2.29. The first-order valence-corrected chi connectivity index (χ1v) is 9.72. The zero-order valence-electron chi connectivity index (χ0n) is 11.7. The molecular formula is C13H18N2O4S2. The van der Waals surface area contributed by atoms with E-state index in [0.717, 1.165) is 36.7 Å². The number of nitrogens with zero attached hydrogens (tertiary/aromatic N) is 1. The molecule has 1 aliphatic heterocycles. The molecule has 0 saturated carbocycles. The molecule has 1 aromatic rings. The third kappa shape index (κ3) is 4.34. The summed E-state index contributed by atoms with van der Waals surface area (Å²) in [7, 11) is -3.45. The second-order valence-corrected chi connectivity index (χ2v) is 8.39. The number of sulfone groups is 1. The Hall–Kier alpha value is -1.28. The van der Waals surface area contributed by atoms with E-state index in [-0.39, 0.29) is 10.6 Å². The topological polar surface area (TPSA) is 89.3 Å². The fourth-order valence-corrected chi connectivity index (χ4v) is 4.09. The molecule has 116 valence electrons. The molecule has 0 radical (unpaired) electrons. The largest absolute Gasteiger partial charge is 0.379 e. The lowest BCUT2D eigenvalue weighted by Gasteiger charge is -2.22. The first kappa shape index (κ1) is 16.1. The van der Waals surface area contributed by atoms with Gasteiger partial charge < -0.3 is 5.32 Å². The van der Waals surface area contributed by atoms with Crippen molar-refractivity contribution in [2.75, 3.05) is 29.6 Å². The number of nitrogens with one attached hydrogen (secondary N) is 1. The van der Waals surface area contributed by atoms with Crippen LogP contribution in [-0.2, 0) is 9.84 Å². The van der Waals surface area contributed by atoms with Crippen LogP contribution in [0.2, 0.25) is 0 Å². The van der Waals surface area contributed by atoms with Gasteiger partial charge in [0.05, 0.1) is 9.82 Å². The lowest BCUT2D eigenvalue weighted by molar-refractivity contribution is -0.384. The monoisotopic (exact) mass is 330 g/mol. The third-order valence-corrected chi connectivity index (χ3v) is 5.68. The Morgan fingerprint density at radius 1 is 1.38 bits per heavy atom. The molecule has 8 heteroatoms. The third-order valence-electron chi connectivity index (χ3n) is 3.52. The van der Waals surface area contributed by atoms with Crippen molar-refractivity contribution >= 4 is 33.0 Å². The molecule has 0 spiro atoms. The molecule has 6 nitrogen and oxygen atoms in total. The molecule has 0 unspecified atom stereocenters. The van der Waals surface area contributed by atoms with E-state index in [1.54, 1.807) is 0 Å². The number of nitro benzene ring substituents is 1. The normalized spacial score (nSPS) is 16.6. The summed E-state index contributed by atoms with van der Waals surface area (Å²) in [5, 5.41) is 14.2. The molecule has 1 heterocycles. The smallest absolute Gasteiger partial charge is 0.293 e. The first-order chi connectivity index (χ1) is 9.88. The van der Waals surface area contributed by atoms with E-state index in [4.69, 9.17) is 0 Å². The van der Waals surface area contributed by atoms with Gasteiger partial charge in [0, 0.05) is 18.9 Å². The van der Waals surface area contributed by atoms with Crippen molar-refractivity contribution in [1.29, 1.82) is 0 Å². The zero-order valence-corrected chi connectivity index (χ0v) is 13.4. The summed E-state index contributed by atoms with van der Waals surface area (Å²) in [5.74, 6) is 2.77. The van der Waals surface area contributed by atoms with Gasteiger partial charge in [0.2, 0.25) is 0 Å². The Balaban J connectivity index is 2.16. The fourth-order valence-electron chi connectivity index (χ4n) is 2.25. The van der Waals surface area contributed by atoms with Crippen LogP contribution in [0.4, 0.5) is 11.4 Å². The van der Waals surface area contributed by atoms with Crippen LogP contribution < -0.4 is 5.32 Å². The Morgan fingerprint density at radius 3 is 2.62 bits per heavy atom. The van der Waals surface area contributed by atoms with Crippen molar-refractivity contribution < 1.29 is 13.3 Å². The average Bonchev–Trinajstić information content (AvgIpc) is 2.45. The number of nitro groups is 1. The lowest BCUT2D eigenvalue weighted by Crippen LogP contribution is -2.19. The van der Waals surface area contributed by atoms with Crippen LogP contribution in [0, 0.1) is 16.0 Å². The molecule has 2 rings (SSSR count). The van der Waals surface area contributed by atoms with E-state index in [1.165, 1.54) is 12.1 Å². The summed E-state index contributed by atoms with van der Waals surface area (Å²) in [6.45, 7) is 0.680. The number of thioether (sulfide) groups is 1. The minimum absolute atomic E-state index is 0.0335. The quantitative estimate of drug-likeness (QED) is 0.659. The maximum atomic E-state index is 11.5. The van der Waals surface area contributed by atoms with Gasteiger partial charge in [0.25, 0.3) is 5.69 Å². The number of rotatable bonds is 5. The van der Waals surface area contributed by atoms with Gasteiger partial charge in [0.1, 0.15) is 5.69 Å². The van der Waals surface area contributed by atoms with Crippen molar-refractivity contribution in [3.05, 3.63) is 28.3 Å². The minimum atomic E-state index is -3.45. The highest BCUT2D eigenvalue weighted by atomic mass is 32.2. The summed E-state index contributed by atoms with van der Waals surface area (Å²) in [6.07, 6.45) is 3.25. The van der Waals surface area contributed by atoms with Crippen LogP contribution >= 0.6 is 11.8 Å². The van der Waals surface area contributed by atoms with Gasteiger partial charge in [-0.2, -0.15) is 11.8 Å². The highest BCUT2D eigenvalue weighted by Gasteiger charge is 2.20. The van der Waals surface area contributed by atoms with E-state index >= 15 is 0 Å². The molecular weight excluding hydrogens is 312 g/mol. The predicted octanol–water partition coefficient (Wildman–Crippen LogP) is 2.55. The van der Waals surface area contributed by atoms with Crippen LogP contribution in [0.25, 0.3) is 0 Å². The van der Waals surface area contributed by atoms with E-state index in [9.17, 15) is 18.5 Å². The Labute approximate surface area is 128 Å². The molecule has 1 fully saturated rings. The molecule has 1 aliphatic rings. The number of hydrogen-bond donors (Lipinski definition) is 1. The van der Waals surface area contributed by atoms with Crippen molar-refractivity contribution in [3.8, 4) is 0 Å². The summed E-state index contributed by atoms with van der Waals surface area (Å²) in [6, 6.07) is 4.00. The van der Waals surface area contributed by atoms with E-state index in [1.807, 2.05) is 11.8 Å². The molecule has 21 heavy (non-hydrogen) atoms. The summed E-state index contributed by atoms with van der Waals surface area (Å²) < 4.78 is 23.0. The van der Waals surface area contributed by atoms with Crippen molar-refractivity contribution in [2.45, 2.75) is 17.7 Å². The van der Waals surface area contributed by atoms with Crippen LogP contribution in [-0.4, -0.2) is 37.6 Å². The second kappa shape index (κ2) is 6.65. The van der Waals surface area contributed by atoms with Gasteiger partial charge >= 0.3 is 0 Å². The van der Waals surface area contributed by atoms with Crippen molar-refractivity contribution in [3.63, 3.8) is 0 Å². The summed E-state index contributed by atoms with van der Waals surface area (Å²) in [4.78, 5) is 10.5. The Bertz CT molecular complexity index is 625. The molecule has 0 aliphatic carbocycles. The Morgan fingerprint density at radius 2 is 2.05 bits per heavy atom. The second-order valence-electron chi connectivity index (χ2n) is 5.14. The molecule has 0 amide bonds. The Kier molecular flexibility index (Phi) is 5.10. The van der Waals surface area contributed by atoms with Crippen LogP contribution in [0.3, 0.4) is 0 Å². The molecule has 1 aromatic carbocycles. The molecule has 0 aromatic heterocycles. The van der Waals surface area contributed by atoms with E-state index in [2.05, 4.69) is 5.32 Å². The standard InChI is InChI=1S/C13H18N2O4S2/c1-21(18,19)11-2-3-12(13(8-11)15(16)17)14-9-10-4-6-20-7-5-10/h2-3,8,10,14H,4-7,9H2,1H3. The molecule has 1 N–H and O–H groups in total. The van der Waals surface area contributed by atoms with Gasteiger partial charge in [-0.15, -0.1) is 0 Å². The maximum Gasteiger partial charge on any atom is 0.293 e. The van der Waals surface area contributed by atoms with Gasteiger partial charge in [0.15, 0.2) is 9.84 Å². The van der Waals surface area contributed by atoms with Gasteiger partial charge in [-0.05, 0) is 42.4 Å². The van der Waals surface area contributed by atoms with Gasteiger partial charge in [-0.3, -0.25) is 10.1 Å². The number of hydrogen-bond acceptors (Lipinski definition) is 6. The predicted molar refractivity (Wildman–Crippen MR) is 84.7 cm³/mol. The van der Waals surface area contributed by atoms with Crippen LogP contribution in [0.5, 0.6) is 0 Å². The SMILES string of the molecule is CS(=O)(=O)c1ccc(NCC2CCSCC2)c([N+](=O)[O-])c1. The summed E-state index contributed by atoms with van der Waals surface area (Å²) in [5.41, 5.74) is 0.189. The minimum Gasteiger partial charge on any atom is -0.379 e. The van der Waals surface area contributed by atoms with Gasteiger partial charge in [-0.1, -0.05) is 0 Å². The number of benzene rings is 1. The van der Waals surface area contributed by atoms with Crippen LogP contribution in [0.15, 0.2) is 23.1 Å². The zero-order chi connectivity index (χ0) is 15.5. The highest BCUT2D eigenvalue weighted by molar-refractivity contribution is 7.99. The fraction of sp³-hybridized carbons (Fsp3) is 0.538.